The van der Waals surface area contributed by atoms with Crippen LogP contribution < -0.4 is 0 Å². The van der Waals surface area contributed by atoms with Gasteiger partial charge in [-0.05, 0) is 26.2 Å². The summed E-state index contributed by atoms with van der Waals surface area (Å²) in [4.78, 5) is 36.9. The van der Waals surface area contributed by atoms with Crippen LogP contribution in [0.15, 0.2) is 0 Å². The van der Waals surface area contributed by atoms with E-state index in [-0.39, 0.29) is 37.7 Å². The van der Waals surface area contributed by atoms with E-state index >= 15 is 0 Å². The highest BCUT2D eigenvalue weighted by Gasteiger charge is 2.30. The summed E-state index contributed by atoms with van der Waals surface area (Å²) in [6.07, 6.45) is 21.0. The van der Waals surface area contributed by atoms with Crippen molar-refractivity contribution in [2.45, 2.75) is 163 Å². The van der Waals surface area contributed by atoms with Crippen molar-refractivity contribution in [3.8, 4) is 0 Å². The van der Waals surface area contributed by atoms with Crippen LogP contribution >= 0.6 is 0 Å². The fourth-order valence-electron chi connectivity index (χ4n) is 4.25. The minimum Gasteiger partial charge on any atom is -0.465 e. The lowest BCUT2D eigenvalue weighted by Gasteiger charge is -2.28. The predicted octanol–water partition coefficient (Wildman–Crippen LogP) is 8.87. The van der Waals surface area contributed by atoms with Crippen molar-refractivity contribution >= 4 is 17.9 Å². The summed E-state index contributed by atoms with van der Waals surface area (Å²) in [6.45, 7) is 8.61. The molecule has 0 aromatic carbocycles. The first-order chi connectivity index (χ1) is 18.4. The van der Waals surface area contributed by atoms with E-state index in [2.05, 4.69) is 20.8 Å². The molecule has 0 radical (unpaired) electrons. The van der Waals surface area contributed by atoms with Gasteiger partial charge in [0.1, 0.15) is 19.8 Å². The Labute approximate surface area is 234 Å². The van der Waals surface area contributed by atoms with Gasteiger partial charge in [-0.25, -0.2) is 0 Å². The highest BCUT2D eigenvalue weighted by molar-refractivity contribution is 5.70. The lowest BCUT2D eigenvalue weighted by atomic mass is 9.94. The average molecular weight is 541 g/mol. The quantitative estimate of drug-likeness (QED) is 0.0588. The number of esters is 3. The van der Waals surface area contributed by atoms with Gasteiger partial charge in [-0.1, -0.05) is 117 Å². The van der Waals surface area contributed by atoms with Crippen LogP contribution in [0.5, 0.6) is 0 Å². The van der Waals surface area contributed by atoms with Crippen molar-refractivity contribution in [3.05, 3.63) is 0 Å². The zero-order chi connectivity index (χ0) is 28.3. The number of ether oxygens (including phenoxy) is 3. The SMILES string of the molecule is CCCCCCCCC(=O)OCC(C)(COC(=O)CCCCCCCC)COC(=O)CCCCCCCC. The Kier molecular flexibility index (Phi) is 24.6. The Morgan fingerprint density at radius 2 is 0.658 bits per heavy atom. The maximum absolute atomic E-state index is 12.3. The molecular formula is C32H60O6. The predicted molar refractivity (Wildman–Crippen MR) is 155 cm³/mol. The van der Waals surface area contributed by atoms with Gasteiger partial charge in [0.15, 0.2) is 0 Å². The average Bonchev–Trinajstić information content (AvgIpc) is 2.91. The number of unbranched alkanes of at least 4 members (excludes halogenated alkanes) is 15. The molecule has 0 atom stereocenters. The molecule has 0 fully saturated rings. The number of hydrogen-bond donors (Lipinski definition) is 0. The van der Waals surface area contributed by atoms with Gasteiger partial charge in [0, 0.05) is 19.3 Å². The van der Waals surface area contributed by atoms with Crippen LogP contribution in [0.3, 0.4) is 0 Å². The van der Waals surface area contributed by atoms with E-state index in [0.717, 1.165) is 57.8 Å². The highest BCUT2D eigenvalue weighted by atomic mass is 16.6. The van der Waals surface area contributed by atoms with Crippen LogP contribution in [0.4, 0.5) is 0 Å². The van der Waals surface area contributed by atoms with Crippen LogP contribution in [-0.4, -0.2) is 37.7 Å². The van der Waals surface area contributed by atoms with E-state index < -0.39 is 5.41 Å². The first-order valence-electron chi connectivity index (χ1n) is 15.8. The van der Waals surface area contributed by atoms with E-state index in [1.165, 1.54) is 57.8 Å². The molecule has 0 saturated heterocycles. The van der Waals surface area contributed by atoms with Crippen molar-refractivity contribution in [1.29, 1.82) is 0 Å². The molecule has 0 aliphatic heterocycles. The number of carbonyl (C=O) groups excluding carboxylic acids is 3. The minimum atomic E-state index is -0.760. The maximum Gasteiger partial charge on any atom is 0.305 e. The summed E-state index contributed by atoms with van der Waals surface area (Å²) in [5.41, 5.74) is -0.760. The molecule has 0 spiro atoms. The Morgan fingerprint density at radius 1 is 0.421 bits per heavy atom. The molecule has 38 heavy (non-hydrogen) atoms. The lowest BCUT2D eigenvalue weighted by Crippen LogP contribution is -2.37. The monoisotopic (exact) mass is 540 g/mol. The van der Waals surface area contributed by atoms with Gasteiger partial charge in [-0.3, -0.25) is 14.4 Å². The smallest absolute Gasteiger partial charge is 0.305 e. The Morgan fingerprint density at radius 3 is 0.921 bits per heavy atom. The van der Waals surface area contributed by atoms with Crippen LogP contribution in [0.2, 0.25) is 0 Å². The molecule has 224 valence electrons. The third-order valence-corrected chi connectivity index (χ3v) is 6.95. The molecule has 6 nitrogen and oxygen atoms in total. The number of rotatable bonds is 27. The van der Waals surface area contributed by atoms with E-state index in [1.54, 1.807) is 0 Å². The fourth-order valence-corrected chi connectivity index (χ4v) is 4.25. The van der Waals surface area contributed by atoms with Crippen molar-refractivity contribution < 1.29 is 28.6 Å². The zero-order valence-electron chi connectivity index (χ0n) is 25.4. The van der Waals surface area contributed by atoms with E-state index in [1.807, 2.05) is 6.92 Å². The molecule has 0 N–H and O–H groups in total. The zero-order valence-corrected chi connectivity index (χ0v) is 25.4. The van der Waals surface area contributed by atoms with Crippen LogP contribution in [-0.2, 0) is 28.6 Å². The van der Waals surface area contributed by atoms with Crippen molar-refractivity contribution in [2.24, 2.45) is 5.41 Å². The second-order valence-electron chi connectivity index (χ2n) is 11.3. The molecule has 0 amide bonds. The summed E-state index contributed by atoms with van der Waals surface area (Å²) < 4.78 is 16.7. The van der Waals surface area contributed by atoms with Gasteiger partial charge >= 0.3 is 17.9 Å². The van der Waals surface area contributed by atoms with Gasteiger partial charge in [0.05, 0.1) is 5.41 Å². The number of hydrogen-bond acceptors (Lipinski definition) is 6. The van der Waals surface area contributed by atoms with Gasteiger partial charge in [-0.15, -0.1) is 0 Å². The van der Waals surface area contributed by atoms with E-state index in [9.17, 15) is 14.4 Å². The largest absolute Gasteiger partial charge is 0.465 e. The van der Waals surface area contributed by atoms with Gasteiger partial charge in [0.2, 0.25) is 0 Å². The third-order valence-electron chi connectivity index (χ3n) is 6.95. The molecule has 6 heteroatoms. The van der Waals surface area contributed by atoms with Crippen LogP contribution in [0.25, 0.3) is 0 Å². The standard InChI is InChI=1S/C32H60O6/c1-5-8-11-14-17-20-23-29(33)36-26-32(4,27-37-30(34)24-21-18-15-12-9-6-2)28-38-31(35)25-22-19-16-13-10-7-3/h5-28H2,1-4H3. The first kappa shape index (κ1) is 36.4. The van der Waals surface area contributed by atoms with Gasteiger partial charge in [-0.2, -0.15) is 0 Å². The fraction of sp³-hybridized carbons (Fsp3) is 0.906. The van der Waals surface area contributed by atoms with Crippen molar-refractivity contribution in [1.82, 2.24) is 0 Å². The summed E-state index contributed by atoms with van der Waals surface area (Å²) in [5.74, 6) is -0.740. The molecule has 0 heterocycles. The van der Waals surface area contributed by atoms with Crippen LogP contribution in [0.1, 0.15) is 163 Å². The second kappa shape index (κ2) is 25.7. The summed E-state index contributed by atoms with van der Waals surface area (Å²) in [6, 6.07) is 0. The first-order valence-corrected chi connectivity index (χ1v) is 15.8. The summed E-state index contributed by atoms with van der Waals surface area (Å²) in [7, 11) is 0. The summed E-state index contributed by atoms with van der Waals surface area (Å²) >= 11 is 0. The third kappa shape index (κ3) is 23.5. The molecule has 0 bridgehead atoms. The Bertz CT molecular complexity index is 510. The Balaban J connectivity index is 4.55. The molecule has 0 aliphatic rings. The molecule has 0 rings (SSSR count). The maximum atomic E-state index is 12.3. The molecular weight excluding hydrogens is 480 g/mol. The second-order valence-corrected chi connectivity index (χ2v) is 11.3. The molecule has 0 aromatic heterocycles. The topological polar surface area (TPSA) is 78.9 Å². The molecule has 0 unspecified atom stereocenters. The van der Waals surface area contributed by atoms with E-state index in [4.69, 9.17) is 14.2 Å². The van der Waals surface area contributed by atoms with Gasteiger partial charge in [0.25, 0.3) is 0 Å². The highest BCUT2D eigenvalue weighted by Crippen LogP contribution is 2.21. The minimum absolute atomic E-state index is 0.0657. The molecule has 0 aliphatic carbocycles. The van der Waals surface area contributed by atoms with Crippen LogP contribution in [0, 0.1) is 5.41 Å². The summed E-state index contributed by atoms with van der Waals surface area (Å²) in [5, 5.41) is 0. The normalized spacial score (nSPS) is 11.4. The lowest BCUT2D eigenvalue weighted by molar-refractivity contribution is -0.160. The Hall–Kier alpha value is -1.59. The number of carbonyl (C=O) groups is 3. The molecule has 0 saturated carbocycles. The van der Waals surface area contributed by atoms with Crippen molar-refractivity contribution in [3.63, 3.8) is 0 Å². The van der Waals surface area contributed by atoms with Crippen molar-refractivity contribution in [2.75, 3.05) is 19.8 Å². The van der Waals surface area contributed by atoms with E-state index in [0.29, 0.717) is 19.3 Å². The molecule has 0 aromatic rings. The van der Waals surface area contributed by atoms with Gasteiger partial charge < -0.3 is 14.2 Å².